The van der Waals surface area contributed by atoms with Gasteiger partial charge in [-0.25, -0.2) is 0 Å². The van der Waals surface area contributed by atoms with Crippen molar-refractivity contribution in [2.75, 3.05) is 19.8 Å². The Labute approximate surface area is 104 Å². The maximum atomic E-state index is 5.36. The van der Waals surface area contributed by atoms with Gasteiger partial charge >= 0.3 is 0 Å². The second-order valence-corrected chi connectivity index (χ2v) is 4.13. The molecule has 3 rings (SSSR count). The van der Waals surface area contributed by atoms with Crippen LogP contribution >= 0.6 is 0 Å². The van der Waals surface area contributed by atoms with Gasteiger partial charge in [-0.1, -0.05) is 11.2 Å². The molecule has 6 heteroatoms. The van der Waals surface area contributed by atoms with Crippen LogP contribution < -0.4 is 5.32 Å². The Bertz CT molecular complexity index is 494. The minimum absolute atomic E-state index is 0.00346. The number of nitrogens with zero attached hydrogens (tertiary/aromatic N) is 3. The number of hydrogen-bond acceptors (Lipinski definition) is 6. The van der Waals surface area contributed by atoms with E-state index in [0.717, 1.165) is 18.8 Å². The summed E-state index contributed by atoms with van der Waals surface area (Å²) in [6, 6.07) is 5.77. The Morgan fingerprint density at radius 1 is 1.39 bits per heavy atom. The number of aromatic nitrogens is 3. The molecule has 1 N–H and O–H groups in total. The van der Waals surface area contributed by atoms with Gasteiger partial charge in [0.1, 0.15) is 6.04 Å². The predicted molar refractivity (Wildman–Crippen MR) is 62.9 cm³/mol. The van der Waals surface area contributed by atoms with Crippen LogP contribution in [0.4, 0.5) is 0 Å². The van der Waals surface area contributed by atoms with Crippen LogP contribution in [0.3, 0.4) is 0 Å². The largest absolute Gasteiger partial charge is 0.378 e. The fraction of sp³-hybridized carbons (Fsp3) is 0.417. The van der Waals surface area contributed by atoms with E-state index in [0.29, 0.717) is 24.7 Å². The van der Waals surface area contributed by atoms with Gasteiger partial charge in [-0.3, -0.25) is 4.98 Å². The molecular formula is C12H14N4O2. The summed E-state index contributed by atoms with van der Waals surface area (Å²) in [5, 5.41) is 7.24. The van der Waals surface area contributed by atoms with Gasteiger partial charge in [-0.15, -0.1) is 0 Å². The molecule has 2 aromatic rings. The summed E-state index contributed by atoms with van der Waals surface area (Å²) >= 11 is 0. The van der Waals surface area contributed by atoms with Gasteiger partial charge in [0.05, 0.1) is 19.6 Å². The first kappa shape index (κ1) is 11.3. The molecule has 1 fully saturated rings. The first-order valence-corrected chi connectivity index (χ1v) is 5.95. The zero-order chi connectivity index (χ0) is 12.2. The lowest BCUT2D eigenvalue weighted by molar-refractivity contribution is 0.0659. The number of rotatable bonds is 3. The summed E-state index contributed by atoms with van der Waals surface area (Å²) in [5.74, 6) is 1.23. The lowest BCUT2D eigenvalue weighted by atomic mass is 10.2. The Balaban J connectivity index is 1.69. The Morgan fingerprint density at radius 3 is 3.17 bits per heavy atom. The van der Waals surface area contributed by atoms with E-state index in [1.807, 2.05) is 18.2 Å². The lowest BCUT2D eigenvalue weighted by Gasteiger charge is -2.20. The molecule has 3 heterocycles. The molecule has 0 aromatic carbocycles. The zero-order valence-corrected chi connectivity index (χ0v) is 9.87. The molecule has 18 heavy (non-hydrogen) atoms. The van der Waals surface area contributed by atoms with Gasteiger partial charge in [0, 0.05) is 18.4 Å². The maximum Gasteiger partial charge on any atom is 0.246 e. The maximum absolute atomic E-state index is 5.36. The molecule has 0 spiro atoms. The summed E-state index contributed by atoms with van der Waals surface area (Å²) < 4.78 is 10.6. The molecule has 0 bridgehead atoms. The summed E-state index contributed by atoms with van der Waals surface area (Å²) in [7, 11) is 0. The van der Waals surface area contributed by atoms with Crippen LogP contribution in [-0.2, 0) is 11.2 Å². The fourth-order valence-electron chi connectivity index (χ4n) is 1.87. The molecule has 1 aliphatic heterocycles. The molecule has 0 aliphatic carbocycles. The van der Waals surface area contributed by atoms with Crippen molar-refractivity contribution >= 4 is 0 Å². The van der Waals surface area contributed by atoms with E-state index in [-0.39, 0.29) is 6.04 Å². The van der Waals surface area contributed by atoms with Crippen LogP contribution in [0.1, 0.15) is 23.5 Å². The number of morpholine rings is 1. The van der Waals surface area contributed by atoms with Crippen molar-refractivity contribution in [1.29, 1.82) is 0 Å². The summed E-state index contributed by atoms with van der Waals surface area (Å²) in [5.41, 5.74) is 0.928. The third-order valence-electron chi connectivity index (χ3n) is 2.77. The van der Waals surface area contributed by atoms with Crippen molar-refractivity contribution < 1.29 is 9.26 Å². The van der Waals surface area contributed by atoms with Crippen LogP contribution in [0, 0.1) is 0 Å². The van der Waals surface area contributed by atoms with Crippen LogP contribution in [0.25, 0.3) is 0 Å². The molecule has 1 unspecified atom stereocenters. The zero-order valence-electron chi connectivity index (χ0n) is 9.87. The summed E-state index contributed by atoms with van der Waals surface area (Å²) in [6.45, 7) is 2.11. The lowest BCUT2D eigenvalue weighted by Crippen LogP contribution is -2.34. The topological polar surface area (TPSA) is 73.1 Å². The quantitative estimate of drug-likeness (QED) is 0.860. The highest BCUT2D eigenvalue weighted by Gasteiger charge is 2.21. The average molecular weight is 246 g/mol. The predicted octanol–water partition coefficient (Wildman–Crippen LogP) is 0.716. The van der Waals surface area contributed by atoms with Gasteiger partial charge in [-0.2, -0.15) is 4.98 Å². The normalized spacial score (nSPS) is 19.9. The SMILES string of the molecule is c1ccc(Cc2noc(C3COCCN3)n2)nc1. The second kappa shape index (κ2) is 5.24. The minimum atomic E-state index is 0.00346. The number of ether oxygens (including phenoxy) is 1. The summed E-state index contributed by atoms with van der Waals surface area (Å²) in [4.78, 5) is 8.60. The highest BCUT2D eigenvalue weighted by atomic mass is 16.5. The summed E-state index contributed by atoms with van der Waals surface area (Å²) in [6.07, 6.45) is 2.34. The Hall–Kier alpha value is -1.79. The van der Waals surface area contributed by atoms with Crippen molar-refractivity contribution in [2.45, 2.75) is 12.5 Å². The van der Waals surface area contributed by atoms with Gasteiger partial charge in [0.25, 0.3) is 0 Å². The van der Waals surface area contributed by atoms with Crippen LogP contribution in [0.5, 0.6) is 0 Å². The van der Waals surface area contributed by atoms with Gasteiger partial charge < -0.3 is 14.6 Å². The molecule has 1 saturated heterocycles. The number of pyridine rings is 1. The molecular weight excluding hydrogens is 232 g/mol. The first-order valence-electron chi connectivity index (χ1n) is 5.95. The van der Waals surface area contributed by atoms with Crippen molar-refractivity contribution in [1.82, 2.24) is 20.4 Å². The van der Waals surface area contributed by atoms with Gasteiger partial charge in [-0.05, 0) is 12.1 Å². The van der Waals surface area contributed by atoms with E-state index in [4.69, 9.17) is 9.26 Å². The van der Waals surface area contributed by atoms with Crippen molar-refractivity contribution in [3.05, 3.63) is 41.8 Å². The van der Waals surface area contributed by atoms with Gasteiger partial charge in [0.2, 0.25) is 5.89 Å². The third-order valence-corrected chi connectivity index (χ3v) is 2.77. The number of hydrogen-bond donors (Lipinski definition) is 1. The Kier molecular flexibility index (Phi) is 3.29. The Morgan fingerprint density at radius 2 is 2.39 bits per heavy atom. The number of nitrogens with one attached hydrogen (secondary N) is 1. The minimum Gasteiger partial charge on any atom is -0.378 e. The molecule has 0 radical (unpaired) electrons. The molecule has 2 aromatic heterocycles. The monoisotopic (exact) mass is 246 g/mol. The van der Waals surface area contributed by atoms with E-state index in [9.17, 15) is 0 Å². The molecule has 1 atom stereocenters. The van der Waals surface area contributed by atoms with Crippen molar-refractivity contribution in [2.24, 2.45) is 0 Å². The van der Waals surface area contributed by atoms with E-state index in [1.165, 1.54) is 0 Å². The van der Waals surface area contributed by atoms with Crippen LogP contribution in [-0.4, -0.2) is 34.9 Å². The van der Waals surface area contributed by atoms with Crippen LogP contribution in [0.2, 0.25) is 0 Å². The molecule has 0 saturated carbocycles. The smallest absolute Gasteiger partial charge is 0.246 e. The van der Waals surface area contributed by atoms with E-state index in [1.54, 1.807) is 6.20 Å². The van der Waals surface area contributed by atoms with E-state index < -0.39 is 0 Å². The molecule has 6 nitrogen and oxygen atoms in total. The average Bonchev–Trinajstić information content (AvgIpc) is 2.89. The van der Waals surface area contributed by atoms with Crippen LogP contribution in [0.15, 0.2) is 28.9 Å². The third kappa shape index (κ3) is 2.55. The highest BCUT2D eigenvalue weighted by molar-refractivity contribution is 5.09. The van der Waals surface area contributed by atoms with E-state index >= 15 is 0 Å². The van der Waals surface area contributed by atoms with Gasteiger partial charge in [0.15, 0.2) is 5.82 Å². The first-order chi connectivity index (χ1) is 8.92. The standard InChI is InChI=1S/C12H14N4O2/c1-2-4-13-9(3-1)7-11-15-12(18-16-11)10-8-17-6-5-14-10/h1-4,10,14H,5-8H2. The molecule has 0 amide bonds. The highest BCUT2D eigenvalue weighted by Crippen LogP contribution is 2.14. The van der Waals surface area contributed by atoms with Crippen molar-refractivity contribution in [3.8, 4) is 0 Å². The van der Waals surface area contributed by atoms with Crippen molar-refractivity contribution in [3.63, 3.8) is 0 Å². The molecule has 1 aliphatic rings. The van der Waals surface area contributed by atoms with E-state index in [2.05, 4.69) is 20.4 Å². The fourth-order valence-corrected chi connectivity index (χ4v) is 1.87. The second-order valence-electron chi connectivity index (χ2n) is 4.13. The molecule has 94 valence electrons.